The number of nitrogens with zero attached hydrogens (tertiary/aromatic N) is 4. The maximum atomic E-state index is 12.5. The predicted octanol–water partition coefficient (Wildman–Crippen LogP) is 1.85. The molecule has 2 aliphatic rings. The predicted molar refractivity (Wildman–Crippen MR) is 98.4 cm³/mol. The van der Waals surface area contributed by atoms with Gasteiger partial charge in [-0.3, -0.25) is 14.3 Å². The number of carbonyl (C=O) groups is 2. The van der Waals surface area contributed by atoms with E-state index in [4.69, 9.17) is 4.74 Å². The van der Waals surface area contributed by atoms with Crippen LogP contribution in [0.1, 0.15) is 36.2 Å². The number of hydrogen-bond donors (Lipinski definition) is 1. The van der Waals surface area contributed by atoms with Gasteiger partial charge in [0.1, 0.15) is 11.8 Å². The minimum atomic E-state index is 0.00216. The summed E-state index contributed by atoms with van der Waals surface area (Å²) in [6, 6.07) is 5.32. The standard InChI is InChI=1S/C19H23N5O3/c1-23-16(6-9-21-23)19(26)24-10-7-15(8-11-24)27-17-5-4-14(12-20-17)22-18(25)13-2-3-13/h4-6,9,12-13,15H,2-3,7-8,10-11H2,1H3,(H,22,25). The van der Waals surface area contributed by atoms with Crippen LogP contribution < -0.4 is 10.1 Å². The first-order chi connectivity index (χ1) is 13.1. The molecule has 27 heavy (non-hydrogen) atoms. The highest BCUT2D eigenvalue weighted by atomic mass is 16.5. The Kier molecular flexibility index (Phi) is 4.79. The van der Waals surface area contributed by atoms with E-state index in [9.17, 15) is 9.59 Å². The summed E-state index contributed by atoms with van der Waals surface area (Å²) in [5.74, 6) is 0.772. The Bertz CT molecular complexity index is 820. The van der Waals surface area contributed by atoms with E-state index in [0.29, 0.717) is 30.4 Å². The SMILES string of the molecule is Cn1nccc1C(=O)N1CCC(Oc2ccc(NC(=O)C3CC3)cn2)CC1. The number of ether oxygens (including phenoxy) is 1. The van der Waals surface area contributed by atoms with Crippen LogP contribution in [0, 0.1) is 5.92 Å². The first-order valence-electron chi connectivity index (χ1n) is 9.31. The van der Waals surface area contributed by atoms with E-state index in [1.807, 2.05) is 11.0 Å². The fourth-order valence-corrected chi connectivity index (χ4v) is 3.21. The van der Waals surface area contributed by atoms with Gasteiger partial charge in [-0.15, -0.1) is 0 Å². The largest absolute Gasteiger partial charge is 0.474 e. The second-order valence-corrected chi connectivity index (χ2v) is 7.10. The van der Waals surface area contributed by atoms with Crippen molar-refractivity contribution in [3.05, 3.63) is 36.3 Å². The lowest BCUT2D eigenvalue weighted by Gasteiger charge is -2.31. The first-order valence-corrected chi connectivity index (χ1v) is 9.31. The highest BCUT2D eigenvalue weighted by molar-refractivity contribution is 5.94. The number of rotatable bonds is 5. The molecule has 2 aromatic rings. The van der Waals surface area contributed by atoms with Crippen molar-refractivity contribution in [2.24, 2.45) is 13.0 Å². The van der Waals surface area contributed by atoms with E-state index in [1.165, 1.54) is 0 Å². The Morgan fingerprint density at radius 1 is 1.15 bits per heavy atom. The molecule has 0 aromatic carbocycles. The van der Waals surface area contributed by atoms with Crippen LogP contribution >= 0.6 is 0 Å². The summed E-state index contributed by atoms with van der Waals surface area (Å²) in [5.41, 5.74) is 1.29. The normalized spacial score (nSPS) is 17.6. The molecule has 8 nitrogen and oxygen atoms in total. The summed E-state index contributed by atoms with van der Waals surface area (Å²) in [5, 5.41) is 6.91. The third kappa shape index (κ3) is 4.10. The molecule has 0 unspecified atom stereocenters. The van der Waals surface area contributed by atoms with Crippen LogP contribution in [0.25, 0.3) is 0 Å². The fraction of sp³-hybridized carbons (Fsp3) is 0.474. The molecular formula is C19H23N5O3. The lowest BCUT2D eigenvalue weighted by Crippen LogP contribution is -2.42. The number of anilines is 1. The summed E-state index contributed by atoms with van der Waals surface area (Å²) in [6.07, 6.45) is 6.74. The number of aromatic nitrogens is 3. The van der Waals surface area contributed by atoms with E-state index in [1.54, 1.807) is 36.3 Å². The van der Waals surface area contributed by atoms with E-state index >= 15 is 0 Å². The van der Waals surface area contributed by atoms with Gasteiger partial charge >= 0.3 is 0 Å². The number of hydrogen-bond acceptors (Lipinski definition) is 5. The van der Waals surface area contributed by atoms with Gasteiger partial charge in [0, 0.05) is 51.2 Å². The minimum Gasteiger partial charge on any atom is -0.474 e. The van der Waals surface area contributed by atoms with Crippen molar-refractivity contribution in [1.29, 1.82) is 0 Å². The van der Waals surface area contributed by atoms with Crippen LogP contribution in [0.2, 0.25) is 0 Å². The molecule has 3 heterocycles. The molecule has 2 fully saturated rings. The van der Waals surface area contributed by atoms with Gasteiger partial charge in [-0.25, -0.2) is 4.98 Å². The molecule has 0 spiro atoms. The van der Waals surface area contributed by atoms with Gasteiger partial charge in [-0.05, 0) is 25.0 Å². The number of aryl methyl sites for hydroxylation is 1. The molecular weight excluding hydrogens is 346 g/mol. The molecule has 1 saturated heterocycles. The van der Waals surface area contributed by atoms with Gasteiger partial charge < -0.3 is 15.0 Å². The van der Waals surface area contributed by atoms with Crippen LogP contribution in [0.3, 0.4) is 0 Å². The van der Waals surface area contributed by atoms with Gasteiger partial charge in [0.25, 0.3) is 5.91 Å². The fourth-order valence-electron chi connectivity index (χ4n) is 3.21. The van der Waals surface area contributed by atoms with Gasteiger partial charge in [0.2, 0.25) is 11.8 Å². The molecule has 1 aliphatic heterocycles. The number of amides is 2. The third-order valence-electron chi connectivity index (χ3n) is 5.01. The van der Waals surface area contributed by atoms with Gasteiger partial charge in [-0.1, -0.05) is 0 Å². The van der Waals surface area contributed by atoms with Crippen LogP contribution in [0.5, 0.6) is 5.88 Å². The monoisotopic (exact) mass is 369 g/mol. The molecule has 0 bridgehead atoms. The summed E-state index contributed by atoms with van der Waals surface area (Å²) in [6.45, 7) is 1.29. The molecule has 0 atom stereocenters. The zero-order valence-corrected chi connectivity index (χ0v) is 15.3. The molecule has 4 rings (SSSR count). The highest BCUT2D eigenvalue weighted by Gasteiger charge is 2.29. The zero-order valence-electron chi connectivity index (χ0n) is 15.3. The van der Waals surface area contributed by atoms with E-state index in [0.717, 1.165) is 25.7 Å². The molecule has 2 aromatic heterocycles. The van der Waals surface area contributed by atoms with Gasteiger partial charge in [-0.2, -0.15) is 5.10 Å². The van der Waals surface area contributed by atoms with E-state index in [2.05, 4.69) is 15.4 Å². The lowest BCUT2D eigenvalue weighted by molar-refractivity contribution is -0.117. The first kappa shape index (κ1) is 17.5. The Hall–Kier alpha value is -2.90. The summed E-state index contributed by atoms with van der Waals surface area (Å²) < 4.78 is 7.53. The zero-order chi connectivity index (χ0) is 18.8. The van der Waals surface area contributed by atoms with Crippen molar-refractivity contribution in [2.75, 3.05) is 18.4 Å². The molecule has 1 saturated carbocycles. The quantitative estimate of drug-likeness (QED) is 0.869. The molecule has 1 N–H and O–H groups in total. The molecule has 142 valence electrons. The van der Waals surface area contributed by atoms with Crippen LogP contribution in [0.4, 0.5) is 5.69 Å². The van der Waals surface area contributed by atoms with Crippen LogP contribution in [-0.2, 0) is 11.8 Å². The maximum Gasteiger partial charge on any atom is 0.272 e. The topological polar surface area (TPSA) is 89.4 Å². The smallest absolute Gasteiger partial charge is 0.272 e. The van der Waals surface area contributed by atoms with Crippen LogP contribution in [-0.4, -0.2) is 50.7 Å². The lowest BCUT2D eigenvalue weighted by atomic mass is 10.1. The van der Waals surface area contributed by atoms with E-state index < -0.39 is 0 Å². The summed E-state index contributed by atoms with van der Waals surface area (Å²) >= 11 is 0. The number of nitrogens with one attached hydrogen (secondary N) is 1. The van der Waals surface area contributed by atoms with Crippen molar-refractivity contribution in [3.63, 3.8) is 0 Å². The average Bonchev–Trinajstić information content (AvgIpc) is 3.45. The van der Waals surface area contributed by atoms with Crippen molar-refractivity contribution in [3.8, 4) is 5.88 Å². The second-order valence-electron chi connectivity index (χ2n) is 7.10. The summed E-state index contributed by atoms with van der Waals surface area (Å²) in [4.78, 5) is 30.4. The number of piperidine rings is 1. The van der Waals surface area contributed by atoms with Gasteiger partial charge in [0.15, 0.2) is 0 Å². The van der Waals surface area contributed by atoms with Crippen molar-refractivity contribution >= 4 is 17.5 Å². The second kappa shape index (κ2) is 7.38. The van der Waals surface area contributed by atoms with Crippen molar-refractivity contribution in [1.82, 2.24) is 19.7 Å². The Balaban J connectivity index is 1.27. The molecule has 8 heteroatoms. The van der Waals surface area contributed by atoms with Gasteiger partial charge in [0.05, 0.1) is 11.9 Å². The number of likely N-dealkylation sites (tertiary alicyclic amines) is 1. The number of carbonyl (C=O) groups excluding carboxylic acids is 2. The van der Waals surface area contributed by atoms with Crippen molar-refractivity contribution in [2.45, 2.75) is 31.8 Å². The molecule has 0 radical (unpaired) electrons. The maximum absolute atomic E-state index is 12.5. The van der Waals surface area contributed by atoms with Crippen molar-refractivity contribution < 1.29 is 14.3 Å². The average molecular weight is 369 g/mol. The molecule has 1 aliphatic carbocycles. The number of pyridine rings is 1. The Labute approximate surface area is 157 Å². The van der Waals surface area contributed by atoms with Crippen LogP contribution in [0.15, 0.2) is 30.6 Å². The highest BCUT2D eigenvalue weighted by Crippen LogP contribution is 2.30. The third-order valence-corrected chi connectivity index (χ3v) is 5.01. The minimum absolute atomic E-state index is 0.00216. The Morgan fingerprint density at radius 3 is 2.52 bits per heavy atom. The summed E-state index contributed by atoms with van der Waals surface area (Å²) in [7, 11) is 1.77. The van der Waals surface area contributed by atoms with E-state index in [-0.39, 0.29) is 23.8 Å². The molecule has 2 amide bonds. The Morgan fingerprint density at radius 2 is 1.93 bits per heavy atom.